The van der Waals surface area contributed by atoms with Crippen molar-refractivity contribution in [2.24, 2.45) is 17.8 Å². The molecule has 48 heteroatoms. The van der Waals surface area contributed by atoms with Gasteiger partial charge < -0.3 is 79.3 Å². The van der Waals surface area contributed by atoms with Crippen molar-refractivity contribution in [3.63, 3.8) is 0 Å². The van der Waals surface area contributed by atoms with Crippen molar-refractivity contribution in [3.05, 3.63) is 127 Å². The van der Waals surface area contributed by atoms with E-state index in [0.29, 0.717) is 57.8 Å². The second kappa shape index (κ2) is 44.7. The molecule has 5 amide bonds. The van der Waals surface area contributed by atoms with E-state index in [1.54, 1.807) is 49.5 Å². The first-order valence-corrected chi connectivity index (χ1v) is 43.7. The summed E-state index contributed by atoms with van der Waals surface area (Å²) in [5, 5.41) is 77.8. The summed E-state index contributed by atoms with van der Waals surface area (Å²) in [5.41, 5.74) is 0.914. The molecule has 9 heterocycles. The van der Waals surface area contributed by atoms with E-state index < -0.39 is 108 Å². The fourth-order valence-corrected chi connectivity index (χ4v) is 14.2. The molecule has 3 aliphatic carbocycles. The zero-order valence-corrected chi connectivity index (χ0v) is 79.7. The summed E-state index contributed by atoms with van der Waals surface area (Å²) in [6.45, 7) is 18.8. The predicted molar refractivity (Wildman–Crippen MR) is 462 cm³/mol. The number of nitrogens with one attached hydrogen (secondary N) is 2. The Kier molecular flexibility index (Phi) is 35.9. The summed E-state index contributed by atoms with van der Waals surface area (Å²) < 4.78 is 164. The Morgan fingerprint density at radius 3 is 1.00 bits per heavy atom. The van der Waals surface area contributed by atoms with E-state index in [4.69, 9.17) is 46.8 Å². The van der Waals surface area contributed by atoms with E-state index in [0.717, 1.165) is 114 Å². The SMILES string of the molecule is CC(C)(C)OC(=O)N(CC(F)(F)F)c1cc(-c2nc(C(=O)Nc3cn(C4CCC(C=O)CC4)nc3C(C)(C)O)co2)ccn1.CC(C)(C)OC(=O)N(CC(F)(F)F)c1cc(-c2nc(C(=O)Nc3cn(C4CCC(CO)CC4)nc3C(C)(C)O)co2)ccn1.CC(C)(C)OC(=O)N(CC(F)(F)F)c1cc(-c2nc(C(=O)O)co2)ccn1.CC(C)(O)c1nn(C2CCC(CO)CC2)cc1N.[O]=[W]. The standard InChI is InChI=1S/C29H37F3N6O6.C29H35F3N6O6.C16H16F3N3O5.C13H23N3O2.O.W/c2*1-27(2,3)44-26(41)37(16-29(30,31)32)22-12-18(10-11-33-22)25-35-21(15-43-25)24(40)34-20-13-38(36-23(20)28(4,5)42)19-8-6-17(14-39)7-9-19;1-15(2,3)27-14(25)22(8-16(17,18)19)11-6-9(4-5-20-11)12-21-10(7-26-12)13(23)24;1-13(2,18)12-11(14)7-16(15-12)10-5-3-9(8-17)4-6-10;;/h10-13,15,17,19,39,42H,6-9,14,16H2,1-5H3,(H,34,40);10-15,17,19,42H,6-9,16H2,1-5H3,(H,34,40);4-7H,8H2,1-3H3,(H,23,24);7,9-10,17-18H,3-6,8,14H2,1-2H3;;. The van der Waals surface area contributed by atoms with Gasteiger partial charge in [-0.05, 0) is 229 Å². The summed E-state index contributed by atoms with van der Waals surface area (Å²) in [5.74, 6) is -3.41. The number of aromatic nitrogens is 12. The van der Waals surface area contributed by atoms with Crippen molar-refractivity contribution in [2.75, 3.05) is 63.9 Å². The van der Waals surface area contributed by atoms with Crippen LogP contribution in [0.3, 0.4) is 0 Å². The number of anilines is 6. The molecule has 3 fully saturated rings. The van der Waals surface area contributed by atoms with Crippen molar-refractivity contribution in [3.8, 4) is 34.4 Å². The van der Waals surface area contributed by atoms with Gasteiger partial charge in [0.15, 0.2) is 17.1 Å². The number of aliphatic hydroxyl groups excluding tert-OH is 2. The van der Waals surface area contributed by atoms with Gasteiger partial charge in [0, 0.05) is 73.0 Å². The molecule has 0 unspecified atom stereocenters. The maximum absolute atomic E-state index is 13.3. The van der Waals surface area contributed by atoms with Crippen LogP contribution in [0.15, 0.2) is 106 Å². The topological polar surface area (TPSA) is 516 Å². The van der Waals surface area contributed by atoms with Gasteiger partial charge in [-0.25, -0.2) is 49.1 Å². The molecule has 0 aliphatic heterocycles. The number of hydrogen-bond donors (Lipinski definition) is 9. The van der Waals surface area contributed by atoms with Crippen LogP contribution >= 0.6 is 0 Å². The molecule has 10 N–H and O–H groups in total. The average molecular weight is 2080 g/mol. The molecule has 0 atom stereocenters. The third kappa shape index (κ3) is 32.4. The number of nitrogen functional groups attached to an aromatic ring is 1. The van der Waals surface area contributed by atoms with Gasteiger partial charge in [0.05, 0.1) is 35.2 Å². The second-order valence-electron chi connectivity index (χ2n) is 36.8. The molecule has 3 aliphatic rings. The van der Waals surface area contributed by atoms with Crippen LogP contribution in [0.1, 0.15) is 248 Å². The molecule has 0 spiro atoms. The number of oxazole rings is 3. The van der Waals surface area contributed by atoms with Gasteiger partial charge in [0.1, 0.15) is 113 Å². The minimum absolute atomic E-state index is 0.00455. The van der Waals surface area contributed by atoms with Gasteiger partial charge in [-0.3, -0.25) is 38.3 Å². The van der Waals surface area contributed by atoms with Crippen molar-refractivity contribution >= 4 is 76.9 Å². The van der Waals surface area contributed by atoms with Gasteiger partial charge in [-0.2, -0.15) is 54.8 Å². The maximum atomic E-state index is 13.3. The van der Waals surface area contributed by atoms with Crippen LogP contribution < -0.4 is 31.1 Å². The minimum atomic E-state index is -4.74. The molecular formula is C87H111F9N18O20W. The number of hydrogen-bond acceptors (Lipinski definition) is 29. The van der Waals surface area contributed by atoms with E-state index in [9.17, 15) is 93.5 Å². The Balaban J connectivity index is 0.000000231. The molecule has 9 aromatic heterocycles. The Morgan fingerprint density at radius 2 is 0.741 bits per heavy atom. The number of aliphatic hydroxyl groups is 5. The Labute approximate surface area is 780 Å². The van der Waals surface area contributed by atoms with Gasteiger partial charge in [-0.1, -0.05) is 0 Å². The first-order chi connectivity index (χ1) is 62.6. The van der Waals surface area contributed by atoms with Crippen LogP contribution in [0, 0.1) is 17.8 Å². The fourth-order valence-electron chi connectivity index (χ4n) is 14.2. The number of halogens is 9. The first kappa shape index (κ1) is 108. The molecule has 9 aromatic rings. The molecule has 0 saturated heterocycles. The Morgan fingerprint density at radius 1 is 0.459 bits per heavy atom. The predicted octanol–water partition coefficient (Wildman–Crippen LogP) is 16.1. The molecule has 0 radical (unpaired) electrons. The summed E-state index contributed by atoms with van der Waals surface area (Å²) in [6, 6.07) is 7.98. The van der Waals surface area contributed by atoms with Crippen molar-refractivity contribution in [1.29, 1.82) is 0 Å². The van der Waals surface area contributed by atoms with Gasteiger partial charge in [-0.15, -0.1) is 0 Å². The number of ether oxygens (including phenoxy) is 3. The number of aromatic carboxylic acids is 1. The summed E-state index contributed by atoms with van der Waals surface area (Å²) in [6.07, 6.45) is 4.91. The normalized spacial score (nSPS) is 17.3. The number of alkyl halides is 9. The molecule has 12 rings (SSSR count). The fraction of sp³-hybridized carbons (Fsp3) is 0.540. The number of carboxylic acid groups (broad SMARTS) is 1. The van der Waals surface area contributed by atoms with E-state index in [2.05, 4.69) is 55.8 Å². The van der Waals surface area contributed by atoms with Gasteiger partial charge in [0.2, 0.25) is 17.7 Å². The van der Waals surface area contributed by atoms with E-state index in [1.807, 2.05) is 10.9 Å². The summed E-state index contributed by atoms with van der Waals surface area (Å²) >= 11 is 0.333. The van der Waals surface area contributed by atoms with Crippen LogP contribution in [-0.2, 0) is 59.0 Å². The number of amides is 5. The number of carbonyl (C=O) groups is 7. The van der Waals surface area contributed by atoms with Crippen LogP contribution in [0.25, 0.3) is 34.4 Å². The monoisotopic (exact) mass is 2080 g/mol. The van der Waals surface area contributed by atoms with Crippen LogP contribution in [0.2, 0.25) is 0 Å². The summed E-state index contributed by atoms with van der Waals surface area (Å²) in [4.78, 5) is 111. The molecule has 0 bridgehead atoms. The first-order valence-electron chi connectivity index (χ1n) is 42.5. The van der Waals surface area contributed by atoms with Gasteiger partial charge >= 0.3 is 66.0 Å². The molecule has 0 aromatic carbocycles. The van der Waals surface area contributed by atoms with Crippen molar-refractivity contribution in [2.45, 2.75) is 251 Å². The molecule has 3 saturated carbocycles. The molecule has 738 valence electrons. The zero-order chi connectivity index (χ0) is 101. The number of carbonyl (C=O) groups excluding carboxylic acids is 6. The second-order valence-corrected chi connectivity index (χ2v) is 36.8. The number of carboxylic acids is 1. The zero-order valence-electron chi connectivity index (χ0n) is 76.7. The van der Waals surface area contributed by atoms with Crippen molar-refractivity contribution < 1.29 is 154 Å². The Hall–Kier alpha value is -11.9. The van der Waals surface area contributed by atoms with Crippen LogP contribution in [0.5, 0.6) is 0 Å². The third-order valence-corrected chi connectivity index (χ3v) is 20.5. The van der Waals surface area contributed by atoms with Crippen molar-refractivity contribution in [1.82, 2.24) is 59.2 Å². The number of rotatable bonds is 23. The van der Waals surface area contributed by atoms with Crippen LogP contribution in [-0.4, -0.2) is 200 Å². The van der Waals surface area contributed by atoms with Crippen LogP contribution in [0.4, 0.5) is 88.4 Å². The molecule has 38 nitrogen and oxygen atoms in total. The van der Waals surface area contributed by atoms with Gasteiger partial charge in [0.25, 0.3) is 11.8 Å². The Bertz CT molecular complexity index is 5490. The average Bonchev–Trinajstić information content (AvgIpc) is 1.78. The number of nitrogens with two attached hydrogens (primary N) is 1. The summed E-state index contributed by atoms with van der Waals surface area (Å²) in [7, 11) is 0. The molecular weight excluding hydrogens is 1970 g/mol. The number of aldehydes is 1. The number of nitrogens with zero attached hydrogens (tertiary/aromatic N) is 15. The molecule has 135 heavy (non-hydrogen) atoms. The van der Waals surface area contributed by atoms with E-state index in [-0.39, 0.29) is 129 Å². The third-order valence-electron chi connectivity index (χ3n) is 20.5. The van der Waals surface area contributed by atoms with E-state index in [1.165, 1.54) is 119 Å². The van der Waals surface area contributed by atoms with E-state index >= 15 is 0 Å². The quantitative estimate of drug-likeness (QED) is 0.0163. The number of pyridine rings is 3.